The van der Waals surface area contributed by atoms with E-state index in [1.165, 1.54) is 17.7 Å². The molecule has 1 nitrogen and oxygen atoms in total. The minimum Gasteiger partial charge on any atom is -0.378 e. The van der Waals surface area contributed by atoms with Crippen LogP contribution >= 0.6 is 11.6 Å². The van der Waals surface area contributed by atoms with Gasteiger partial charge in [0, 0.05) is 16.8 Å². The summed E-state index contributed by atoms with van der Waals surface area (Å²) >= 11 is 6.10. The van der Waals surface area contributed by atoms with Crippen LogP contribution in [0.15, 0.2) is 42.5 Å². The lowest BCUT2D eigenvalue weighted by molar-refractivity contribution is 0.590. The summed E-state index contributed by atoms with van der Waals surface area (Å²) in [7, 11) is 0. The molecular weight excluding hydrogens is 285 g/mol. The molecule has 1 unspecified atom stereocenters. The van der Waals surface area contributed by atoms with E-state index in [1.54, 1.807) is 6.07 Å². The van der Waals surface area contributed by atoms with Crippen molar-refractivity contribution in [3.8, 4) is 0 Å². The molecule has 2 aromatic carbocycles. The van der Waals surface area contributed by atoms with Crippen molar-refractivity contribution in [2.45, 2.75) is 39.2 Å². The molecule has 1 atom stereocenters. The molecule has 0 aliphatic rings. The van der Waals surface area contributed by atoms with Gasteiger partial charge in [0.1, 0.15) is 5.82 Å². The molecule has 0 spiro atoms. The maximum absolute atomic E-state index is 13.1. The van der Waals surface area contributed by atoms with E-state index in [9.17, 15) is 4.39 Å². The van der Waals surface area contributed by atoms with Crippen LogP contribution in [0.25, 0.3) is 0 Å². The van der Waals surface area contributed by atoms with Gasteiger partial charge in [0.15, 0.2) is 0 Å². The van der Waals surface area contributed by atoms with E-state index in [0.717, 1.165) is 11.3 Å². The molecule has 1 N–H and O–H groups in total. The molecule has 0 saturated heterocycles. The van der Waals surface area contributed by atoms with Crippen LogP contribution in [-0.4, -0.2) is 0 Å². The number of hydrogen-bond donors (Lipinski definition) is 1. The first-order chi connectivity index (χ1) is 9.77. The van der Waals surface area contributed by atoms with Gasteiger partial charge in [-0.15, -0.1) is 0 Å². The zero-order chi connectivity index (χ0) is 15.6. The predicted molar refractivity (Wildman–Crippen MR) is 88.6 cm³/mol. The fraction of sp³-hybridized carbons (Fsp3) is 0.333. The minimum atomic E-state index is -0.314. The van der Waals surface area contributed by atoms with Crippen molar-refractivity contribution >= 4 is 17.3 Å². The lowest BCUT2D eigenvalue weighted by Crippen LogP contribution is -2.11. The summed E-state index contributed by atoms with van der Waals surface area (Å²) < 4.78 is 13.1. The van der Waals surface area contributed by atoms with Crippen molar-refractivity contribution in [3.05, 3.63) is 64.4 Å². The van der Waals surface area contributed by atoms with Gasteiger partial charge in [-0.1, -0.05) is 50.6 Å². The van der Waals surface area contributed by atoms with Crippen LogP contribution in [0.5, 0.6) is 0 Å². The van der Waals surface area contributed by atoms with E-state index >= 15 is 0 Å². The Morgan fingerprint density at radius 2 is 1.67 bits per heavy atom. The lowest BCUT2D eigenvalue weighted by Gasteiger charge is -2.21. The lowest BCUT2D eigenvalue weighted by atomic mass is 9.87. The minimum absolute atomic E-state index is 0.0126. The Kier molecular flexibility index (Phi) is 4.58. The summed E-state index contributed by atoms with van der Waals surface area (Å²) in [5.41, 5.74) is 3.35. The molecule has 0 bridgehead atoms. The van der Waals surface area contributed by atoms with Crippen molar-refractivity contribution in [2.75, 3.05) is 5.32 Å². The van der Waals surface area contributed by atoms with Crippen LogP contribution in [0.3, 0.4) is 0 Å². The third kappa shape index (κ3) is 3.98. The average Bonchev–Trinajstić information content (AvgIpc) is 2.38. The van der Waals surface area contributed by atoms with Gasteiger partial charge in [0.05, 0.1) is 0 Å². The first kappa shape index (κ1) is 15.8. The van der Waals surface area contributed by atoms with Crippen molar-refractivity contribution in [1.29, 1.82) is 0 Å². The van der Waals surface area contributed by atoms with Gasteiger partial charge >= 0.3 is 0 Å². The highest BCUT2D eigenvalue weighted by atomic mass is 35.5. The topological polar surface area (TPSA) is 12.0 Å². The van der Waals surface area contributed by atoms with Gasteiger partial charge in [0.2, 0.25) is 0 Å². The Hall–Kier alpha value is -1.54. The van der Waals surface area contributed by atoms with E-state index in [4.69, 9.17) is 11.6 Å². The molecule has 0 radical (unpaired) electrons. The van der Waals surface area contributed by atoms with Crippen LogP contribution < -0.4 is 5.32 Å². The number of anilines is 1. The smallest absolute Gasteiger partial charge is 0.124 e. The van der Waals surface area contributed by atoms with Crippen LogP contribution in [0.2, 0.25) is 5.02 Å². The fourth-order valence-corrected chi connectivity index (χ4v) is 2.58. The highest BCUT2D eigenvalue weighted by Crippen LogP contribution is 2.28. The molecule has 2 rings (SSSR count). The van der Waals surface area contributed by atoms with Crippen LogP contribution in [-0.2, 0) is 5.41 Å². The first-order valence-electron chi connectivity index (χ1n) is 7.09. The summed E-state index contributed by atoms with van der Waals surface area (Å²) in [5, 5.41) is 3.84. The maximum atomic E-state index is 13.1. The number of benzene rings is 2. The standard InChI is InChI=1S/C18H21ClFN/c1-12(16-10-7-14(20)11-17(16)19)21-15-8-5-13(6-9-15)18(2,3)4/h5-12,21H,1-4H3. The predicted octanol–water partition coefficient (Wildman–Crippen LogP) is 5.95. The number of hydrogen-bond acceptors (Lipinski definition) is 1. The number of halogens is 2. The summed E-state index contributed by atoms with van der Waals surface area (Å²) in [6, 6.07) is 12.9. The Balaban J connectivity index is 2.14. The average molecular weight is 306 g/mol. The molecule has 0 aromatic heterocycles. The normalized spacial score (nSPS) is 13.0. The van der Waals surface area contributed by atoms with E-state index in [0.29, 0.717) is 5.02 Å². The van der Waals surface area contributed by atoms with Gasteiger partial charge < -0.3 is 5.32 Å². The molecule has 2 aromatic rings. The molecule has 0 heterocycles. The van der Waals surface area contributed by atoms with Crippen LogP contribution in [0, 0.1) is 5.82 Å². The zero-order valence-electron chi connectivity index (χ0n) is 12.9. The molecular formula is C18H21ClFN. The molecule has 0 aliphatic heterocycles. The van der Waals surface area contributed by atoms with Crippen molar-refractivity contribution in [1.82, 2.24) is 0 Å². The maximum Gasteiger partial charge on any atom is 0.124 e. The molecule has 0 aliphatic carbocycles. The second-order valence-corrected chi connectivity index (χ2v) is 6.77. The highest BCUT2D eigenvalue weighted by Gasteiger charge is 2.14. The van der Waals surface area contributed by atoms with E-state index in [1.807, 2.05) is 6.92 Å². The van der Waals surface area contributed by atoms with E-state index < -0.39 is 0 Å². The van der Waals surface area contributed by atoms with Crippen LogP contribution in [0.1, 0.15) is 44.9 Å². The fourth-order valence-electron chi connectivity index (χ4n) is 2.25. The summed E-state index contributed by atoms with van der Waals surface area (Å²) in [4.78, 5) is 0. The van der Waals surface area contributed by atoms with Gasteiger partial charge in [-0.3, -0.25) is 0 Å². The largest absolute Gasteiger partial charge is 0.378 e. The Labute approximate surface area is 131 Å². The van der Waals surface area contributed by atoms with E-state index in [-0.39, 0.29) is 17.3 Å². The molecule has 0 saturated carbocycles. The van der Waals surface area contributed by atoms with Crippen molar-refractivity contribution in [3.63, 3.8) is 0 Å². The summed E-state index contributed by atoms with van der Waals surface area (Å²) in [5.74, 6) is -0.314. The second-order valence-electron chi connectivity index (χ2n) is 6.36. The summed E-state index contributed by atoms with van der Waals surface area (Å²) in [6.07, 6.45) is 0. The van der Waals surface area contributed by atoms with E-state index in [2.05, 4.69) is 50.4 Å². The molecule has 112 valence electrons. The Morgan fingerprint density at radius 3 is 2.19 bits per heavy atom. The van der Waals surface area contributed by atoms with Gasteiger partial charge in [-0.2, -0.15) is 0 Å². The SMILES string of the molecule is CC(Nc1ccc(C(C)(C)C)cc1)c1ccc(F)cc1Cl. The third-order valence-electron chi connectivity index (χ3n) is 3.56. The first-order valence-corrected chi connectivity index (χ1v) is 7.47. The highest BCUT2D eigenvalue weighted by molar-refractivity contribution is 6.31. The number of nitrogens with one attached hydrogen (secondary N) is 1. The molecule has 21 heavy (non-hydrogen) atoms. The van der Waals surface area contributed by atoms with Crippen molar-refractivity contribution < 1.29 is 4.39 Å². The summed E-state index contributed by atoms with van der Waals surface area (Å²) in [6.45, 7) is 8.58. The molecule has 3 heteroatoms. The quantitative estimate of drug-likeness (QED) is 0.739. The molecule has 0 fully saturated rings. The van der Waals surface area contributed by atoms with Gasteiger partial charge in [0.25, 0.3) is 0 Å². The Morgan fingerprint density at radius 1 is 1.05 bits per heavy atom. The van der Waals surface area contributed by atoms with Crippen molar-refractivity contribution in [2.24, 2.45) is 0 Å². The van der Waals surface area contributed by atoms with Gasteiger partial charge in [-0.25, -0.2) is 4.39 Å². The van der Waals surface area contributed by atoms with Crippen LogP contribution in [0.4, 0.5) is 10.1 Å². The molecule has 0 amide bonds. The second kappa shape index (κ2) is 6.07. The van der Waals surface area contributed by atoms with Gasteiger partial charge in [-0.05, 0) is 47.7 Å². The third-order valence-corrected chi connectivity index (χ3v) is 3.89. The number of rotatable bonds is 3. The Bertz CT molecular complexity index is 614. The zero-order valence-corrected chi connectivity index (χ0v) is 13.6. The monoisotopic (exact) mass is 305 g/mol.